The highest BCUT2D eigenvalue weighted by Gasteiger charge is 2.30. The monoisotopic (exact) mass is 295 g/mol. The molecule has 0 bridgehead atoms. The van der Waals surface area contributed by atoms with E-state index in [1.807, 2.05) is 6.07 Å². The summed E-state index contributed by atoms with van der Waals surface area (Å²) in [7, 11) is 0. The molecule has 0 spiro atoms. The van der Waals surface area contributed by atoms with E-state index < -0.39 is 5.51 Å². The van der Waals surface area contributed by atoms with Crippen molar-refractivity contribution >= 4 is 27.7 Å². The molecular formula is C9H5BrF3NS. The van der Waals surface area contributed by atoms with Gasteiger partial charge in [0.1, 0.15) is 0 Å². The van der Waals surface area contributed by atoms with Crippen LogP contribution in [0.5, 0.6) is 0 Å². The van der Waals surface area contributed by atoms with E-state index >= 15 is 0 Å². The average molecular weight is 296 g/mol. The first-order valence-corrected chi connectivity index (χ1v) is 5.44. The van der Waals surface area contributed by atoms with Crippen LogP contribution in [0.4, 0.5) is 13.2 Å². The van der Waals surface area contributed by atoms with Crippen molar-refractivity contribution in [3.8, 4) is 6.07 Å². The van der Waals surface area contributed by atoms with Crippen LogP contribution in [0.25, 0.3) is 0 Å². The molecule has 0 saturated heterocycles. The Bertz CT molecular complexity index is 397. The van der Waals surface area contributed by atoms with E-state index in [1.54, 1.807) is 0 Å². The molecule has 1 aromatic carbocycles. The van der Waals surface area contributed by atoms with Gasteiger partial charge in [0.25, 0.3) is 0 Å². The summed E-state index contributed by atoms with van der Waals surface area (Å²) in [6, 6.07) is 6.24. The van der Waals surface area contributed by atoms with Crippen molar-refractivity contribution in [1.82, 2.24) is 0 Å². The van der Waals surface area contributed by atoms with Crippen molar-refractivity contribution in [2.24, 2.45) is 0 Å². The molecule has 0 aliphatic heterocycles. The van der Waals surface area contributed by atoms with Crippen molar-refractivity contribution in [2.45, 2.75) is 16.8 Å². The Balaban J connectivity index is 3.02. The lowest BCUT2D eigenvalue weighted by Gasteiger charge is -2.09. The molecule has 0 fully saturated rings. The smallest absolute Gasteiger partial charge is 0.198 e. The molecule has 0 unspecified atom stereocenters. The van der Waals surface area contributed by atoms with Crippen LogP contribution < -0.4 is 0 Å². The van der Waals surface area contributed by atoms with E-state index in [4.69, 9.17) is 5.26 Å². The Hall–Kier alpha value is -0.670. The fourth-order valence-corrected chi connectivity index (χ4v) is 2.05. The van der Waals surface area contributed by atoms with Crippen LogP contribution in [0.15, 0.2) is 27.6 Å². The zero-order chi connectivity index (χ0) is 11.5. The van der Waals surface area contributed by atoms with Gasteiger partial charge in [-0.25, -0.2) is 0 Å². The second kappa shape index (κ2) is 4.90. The summed E-state index contributed by atoms with van der Waals surface area (Å²) in [6.07, 6.45) is -0.0299. The molecule has 0 amide bonds. The highest BCUT2D eigenvalue weighted by atomic mass is 79.9. The topological polar surface area (TPSA) is 23.8 Å². The van der Waals surface area contributed by atoms with Crippen LogP contribution in [-0.4, -0.2) is 5.51 Å². The van der Waals surface area contributed by atoms with Gasteiger partial charge >= 0.3 is 5.51 Å². The first kappa shape index (κ1) is 12.4. The Labute approximate surface area is 97.4 Å². The van der Waals surface area contributed by atoms with Crippen LogP contribution in [0.2, 0.25) is 0 Å². The molecular weight excluding hydrogens is 291 g/mol. The Morgan fingerprint density at radius 1 is 1.40 bits per heavy atom. The largest absolute Gasteiger partial charge is 0.446 e. The molecule has 0 aliphatic carbocycles. The second-order valence-electron chi connectivity index (χ2n) is 2.63. The molecule has 15 heavy (non-hydrogen) atoms. The van der Waals surface area contributed by atoms with Gasteiger partial charge in [-0.15, -0.1) is 0 Å². The fourth-order valence-electron chi connectivity index (χ4n) is 0.996. The van der Waals surface area contributed by atoms with Crippen molar-refractivity contribution in [3.05, 3.63) is 28.2 Å². The number of alkyl halides is 3. The van der Waals surface area contributed by atoms with Gasteiger partial charge in [0.2, 0.25) is 0 Å². The van der Waals surface area contributed by atoms with Gasteiger partial charge in [0, 0.05) is 9.37 Å². The van der Waals surface area contributed by atoms with E-state index in [2.05, 4.69) is 15.9 Å². The number of hydrogen-bond acceptors (Lipinski definition) is 2. The Morgan fingerprint density at radius 3 is 2.60 bits per heavy atom. The minimum absolute atomic E-state index is 0.0299. The normalized spacial score (nSPS) is 11.1. The molecule has 1 rings (SSSR count). The predicted molar refractivity (Wildman–Crippen MR) is 55.4 cm³/mol. The lowest BCUT2D eigenvalue weighted by molar-refractivity contribution is -0.0328. The van der Waals surface area contributed by atoms with Crippen LogP contribution in [-0.2, 0) is 6.42 Å². The summed E-state index contributed by atoms with van der Waals surface area (Å²) in [5, 5.41) is 8.48. The van der Waals surface area contributed by atoms with Crippen LogP contribution in [0.3, 0.4) is 0 Å². The van der Waals surface area contributed by atoms with E-state index in [1.165, 1.54) is 18.2 Å². The molecule has 0 N–H and O–H groups in total. The van der Waals surface area contributed by atoms with Crippen molar-refractivity contribution < 1.29 is 13.2 Å². The molecule has 0 aliphatic rings. The van der Waals surface area contributed by atoms with Crippen LogP contribution >= 0.6 is 27.7 Å². The number of nitrogens with zero attached hydrogens (tertiary/aromatic N) is 1. The number of thioether (sulfide) groups is 1. The minimum atomic E-state index is -4.32. The van der Waals surface area contributed by atoms with Gasteiger partial charge in [-0.1, -0.05) is 15.9 Å². The van der Waals surface area contributed by atoms with Gasteiger partial charge in [0.15, 0.2) is 0 Å². The quantitative estimate of drug-likeness (QED) is 0.766. The summed E-state index contributed by atoms with van der Waals surface area (Å²) in [5.41, 5.74) is -3.94. The van der Waals surface area contributed by atoms with E-state index in [9.17, 15) is 13.2 Å². The number of rotatable bonds is 2. The van der Waals surface area contributed by atoms with Gasteiger partial charge in [0.05, 0.1) is 12.5 Å². The maximum Gasteiger partial charge on any atom is 0.446 e. The third kappa shape index (κ3) is 4.14. The molecule has 0 heterocycles. The first-order chi connectivity index (χ1) is 6.92. The Kier molecular flexibility index (Phi) is 4.05. The molecule has 0 radical (unpaired) electrons. The van der Waals surface area contributed by atoms with Crippen LogP contribution in [0.1, 0.15) is 5.56 Å². The average Bonchev–Trinajstić information content (AvgIpc) is 2.08. The van der Waals surface area contributed by atoms with Gasteiger partial charge < -0.3 is 0 Å². The lowest BCUT2D eigenvalue weighted by Crippen LogP contribution is -2.01. The first-order valence-electron chi connectivity index (χ1n) is 3.83. The number of benzene rings is 1. The van der Waals surface area contributed by atoms with Crippen molar-refractivity contribution in [3.63, 3.8) is 0 Å². The fraction of sp³-hybridized carbons (Fsp3) is 0.222. The van der Waals surface area contributed by atoms with Gasteiger partial charge in [-0.05, 0) is 35.5 Å². The maximum absolute atomic E-state index is 12.1. The van der Waals surface area contributed by atoms with Crippen LogP contribution in [0, 0.1) is 11.3 Å². The number of hydrogen-bond donors (Lipinski definition) is 0. The predicted octanol–water partition coefficient (Wildman–Crippen LogP) is 4.13. The van der Waals surface area contributed by atoms with Gasteiger partial charge in [-0.2, -0.15) is 18.4 Å². The summed E-state index contributed by atoms with van der Waals surface area (Å²) in [4.78, 5) is 0.0762. The van der Waals surface area contributed by atoms with Gasteiger partial charge in [-0.3, -0.25) is 0 Å². The van der Waals surface area contributed by atoms with E-state index in [-0.39, 0.29) is 23.1 Å². The zero-order valence-corrected chi connectivity index (χ0v) is 9.71. The lowest BCUT2D eigenvalue weighted by atomic mass is 10.2. The summed E-state index contributed by atoms with van der Waals surface area (Å²) in [6.45, 7) is 0. The Morgan fingerprint density at radius 2 is 2.07 bits per heavy atom. The van der Waals surface area contributed by atoms with Crippen molar-refractivity contribution in [2.75, 3.05) is 0 Å². The highest BCUT2D eigenvalue weighted by Crippen LogP contribution is 2.39. The molecule has 0 aromatic heterocycles. The molecule has 80 valence electrons. The minimum Gasteiger partial charge on any atom is -0.198 e. The molecule has 1 nitrogen and oxygen atoms in total. The summed E-state index contributed by atoms with van der Waals surface area (Å²) < 4.78 is 37.1. The van der Waals surface area contributed by atoms with E-state index in [0.29, 0.717) is 10.0 Å². The van der Waals surface area contributed by atoms with E-state index in [0.717, 1.165) is 0 Å². The standard InChI is InChI=1S/C9H5BrF3NS/c10-7-1-2-8(15-9(11,12)13)6(5-7)3-4-14/h1-2,5H,3H2. The van der Waals surface area contributed by atoms with Crippen molar-refractivity contribution in [1.29, 1.82) is 5.26 Å². The number of nitriles is 1. The summed E-state index contributed by atoms with van der Waals surface area (Å²) in [5.74, 6) is 0. The summed E-state index contributed by atoms with van der Waals surface area (Å²) >= 11 is 2.95. The molecule has 6 heteroatoms. The number of halogens is 4. The highest BCUT2D eigenvalue weighted by molar-refractivity contribution is 9.10. The second-order valence-corrected chi connectivity index (χ2v) is 4.66. The third-order valence-electron chi connectivity index (χ3n) is 1.52. The third-order valence-corrected chi connectivity index (χ3v) is 2.86. The SMILES string of the molecule is N#CCc1cc(Br)ccc1SC(F)(F)F. The molecule has 0 saturated carbocycles. The zero-order valence-electron chi connectivity index (χ0n) is 7.31. The maximum atomic E-state index is 12.1. The molecule has 0 atom stereocenters. The molecule has 1 aromatic rings.